The van der Waals surface area contributed by atoms with Gasteiger partial charge in [0, 0.05) is 25.4 Å². The predicted molar refractivity (Wildman–Crippen MR) is 53.5 cm³/mol. The van der Waals surface area contributed by atoms with Crippen molar-refractivity contribution in [2.45, 2.75) is 19.3 Å². The van der Waals surface area contributed by atoms with Gasteiger partial charge in [-0.1, -0.05) is 0 Å². The smallest absolute Gasteiger partial charge is 0.391 e. The third kappa shape index (κ3) is 2.65. The molecule has 2 rings (SSSR count). The first-order valence-electron chi connectivity index (χ1n) is 5.09. The van der Waals surface area contributed by atoms with E-state index >= 15 is 0 Å². The first-order chi connectivity index (χ1) is 7.36. The monoisotopic (exact) mass is 207 g/mol. The van der Waals surface area contributed by atoms with Crippen molar-refractivity contribution in [1.29, 1.82) is 0 Å². The van der Waals surface area contributed by atoms with Gasteiger partial charge in [-0.3, -0.25) is 0 Å². The molecule has 0 radical (unpaired) electrons. The summed E-state index contributed by atoms with van der Waals surface area (Å²) in [7, 11) is 0. The van der Waals surface area contributed by atoms with Crippen molar-refractivity contribution < 1.29 is 9.53 Å². The molecule has 1 aliphatic heterocycles. The third-order valence-corrected chi connectivity index (χ3v) is 2.36. The van der Waals surface area contributed by atoms with Gasteiger partial charge in [0.05, 0.1) is 0 Å². The quantitative estimate of drug-likeness (QED) is 0.699. The standard InChI is InChI=1S/C10H13N3O2/c14-10(13-6-2-1-3-7-13)15-9-4-5-11-8-12-9/h4-5,8H,1-3,6-7H2. The number of amides is 1. The molecular weight excluding hydrogens is 194 g/mol. The normalized spacial score (nSPS) is 16.1. The van der Waals surface area contributed by atoms with Crippen LogP contribution < -0.4 is 4.74 Å². The average Bonchev–Trinajstić information content (AvgIpc) is 2.31. The SMILES string of the molecule is O=C(Oc1ccncn1)N1CCCCC1. The molecule has 0 N–H and O–H groups in total. The van der Waals surface area contributed by atoms with Gasteiger partial charge in [0.1, 0.15) is 6.33 Å². The van der Waals surface area contributed by atoms with E-state index in [1.165, 1.54) is 12.7 Å². The fraction of sp³-hybridized carbons (Fsp3) is 0.500. The number of hydrogen-bond donors (Lipinski definition) is 0. The minimum atomic E-state index is -0.312. The fourth-order valence-electron chi connectivity index (χ4n) is 1.57. The third-order valence-electron chi connectivity index (χ3n) is 2.36. The van der Waals surface area contributed by atoms with Crippen LogP contribution >= 0.6 is 0 Å². The zero-order valence-corrected chi connectivity index (χ0v) is 8.43. The Morgan fingerprint density at radius 3 is 2.80 bits per heavy atom. The summed E-state index contributed by atoms with van der Waals surface area (Å²) in [5, 5.41) is 0. The zero-order chi connectivity index (χ0) is 10.5. The molecule has 1 amide bonds. The molecule has 1 fully saturated rings. The van der Waals surface area contributed by atoms with Crippen molar-refractivity contribution in [3.05, 3.63) is 18.6 Å². The van der Waals surface area contributed by atoms with Gasteiger partial charge in [-0.2, -0.15) is 0 Å². The molecule has 0 bridgehead atoms. The Hall–Kier alpha value is -1.65. The zero-order valence-electron chi connectivity index (χ0n) is 8.43. The number of piperidine rings is 1. The van der Waals surface area contributed by atoms with Crippen LogP contribution in [0.3, 0.4) is 0 Å². The molecule has 0 aliphatic carbocycles. The van der Waals surface area contributed by atoms with Crippen LogP contribution in [0.2, 0.25) is 0 Å². The fourth-order valence-corrected chi connectivity index (χ4v) is 1.57. The number of carbonyl (C=O) groups is 1. The van der Waals surface area contributed by atoms with Gasteiger partial charge in [0.15, 0.2) is 0 Å². The first kappa shape index (κ1) is 9.89. The second-order valence-corrected chi connectivity index (χ2v) is 3.46. The Bertz CT molecular complexity index is 323. The second kappa shape index (κ2) is 4.72. The lowest BCUT2D eigenvalue weighted by Crippen LogP contribution is -2.37. The van der Waals surface area contributed by atoms with Gasteiger partial charge >= 0.3 is 6.09 Å². The van der Waals surface area contributed by atoms with E-state index in [4.69, 9.17) is 4.74 Å². The molecule has 1 aliphatic rings. The lowest BCUT2D eigenvalue weighted by molar-refractivity contribution is 0.141. The van der Waals surface area contributed by atoms with E-state index in [-0.39, 0.29) is 6.09 Å². The van der Waals surface area contributed by atoms with E-state index in [9.17, 15) is 4.79 Å². The van der Waals surface area contributed by atoms with Crippen LogP contribution in [-0.4, -0.2) is 34.1 Å². The van der Waals surface area contributed by atoms with Crippen LogP contribution in [0, 0.1) is 0 Å². The summed E-state index contributed by atoms with van der Waals surface area (Å²) in [4.78, 5) is 20.9. The Morgan fingerprint density at radius 1 is 1.33 bits per heavy atom. The van der Waals surface area contributed by atoms with Crippen LogP contribution in [-0.2, 0) is 0 Å². The van der Waals surface area contributed by atoms with E-state index < -0.39 is 0 Å². The molecule has 5 heteroatoms. The molecule has 80 valence electrons. The highest BCUT2D eigenvalue weighted by molar-refractivity contribution is 5.70. The molecule has 0 aromatic carbocycles. The number of nitrogens with zero attached hydrogens (tertiary/aromatic N) is 3. The maximum Gasteiger partial charge on any atom is 0.416 e. The predicted octanol–water partition coefficient (Wildman–Crippen LogP) is 1.46. The van der Waals surface area contributed by atoms with E-state index in [1.807, 2.05) is 0 Å². The number of rotatable bonds is 1. The van der Waals surface area contributed by atoms with Crippen molar-refractivity contribution >= 4 is 6.09 Å². The van der Waals surface area contributed by atoms with Crippen LogP contribution in [0.1, 0.15) is 19.3 Å². The van der Waals surface area contributed by atoms with Crippen molar-refractivity contribution in [2.75, 3.05) is 13.1 Å². The largest absolute Gasteiger partial charge is 0.416 e. The maximum atomic E-state index is 11.6. The maximum absolute atomic E-state index is 11.6. The lowest BCUT2D eigenvalue weighted by atomic mass is 10.1. The lowest BCUT2D eigenvalue weighted by Gasteiger charge is -2.25. The Balaban J connectivity index is 1.91. The second-order valence-electron chi connectivity index (χ2n) is 3.46. The average molecular weight is 207 g/mol. The molecule has 1 saturated heterocycles. The van der Waals surface area contributed by atoms with Crippen molar-refractivity contribution in [1.82, 2.24) is 14.9 Å². The van der Waals surface area contributed by atoms with Crippen LogP contribution in [0.4, 0.5) is 4.79 Å². The Kier molecular flexibility index (Phi) is 3.11. The van der Waals surface area contributed by atoms with E-state index in [0.29, 0.717) is 5.88 Å². The molecule has 0 atom stereocenters. The minimum absolute atomic E-state index is 0.306. The van der Waals surface area contributed by atoms with E-state index in [0.717, 1.165) is 25.9 Å². The van der Waals surface area contributed by atoms with Gasteiger partial charge in [-0.25, -0.2) is 14.8 Å². The number of aromatic nitrogens is 2. The summed E-state index contributed by atoms with van der Waals surface area (Å²) in [6.07, 6.45) is 5.90. The molecule has 5 nitrogen and oxygen atoms in total. The van der Waals surface area contributed by atoms with Crippen molar-refractivity contribution in [2.24, 2.45) is 0 Å². The molecule has 0 spiro atoms. The minimum Gasteiger partial charge on any atom is -0.391 e. The van der Waals surface area contributed by atoms with Gasteiger partial charge in [-0.15, -0.1) is 0 Å². The molecule has 1 aromatic rings. The summed E-state index contributed by atoms with van der Waals surface area (Å²) >= 11 is 0. The molecule has 2 heterocycles. The molecule has 15 heavy (non-hydrogen) atoms. The Morgan fingerprint density at radius 2 is 2.13 bits per heavy atom. The number of likely N-dealkylation sites (tertiary alicyclic amines) is 1. The highest BCUT2D eigenvalue weighted by atomic mass is 16.6. The highest BCUT2D eigenvalue weighted by Crippen LogP contribution is 2.11. The molecule has 1 aromatic heterocycles. The summed E-state index contributed by atoms with van der Waals surface area (Å²) in [6.45, 7) is 1.56. The number of ether oxygens (including phenoxy) is 1. The molecular formula is C10H13N3O2. The van der Waals surface area contributed by atoms with Crippen LogP contribution in [0.5, 0.6) is 5.88 Å². The van der Waals surface area contributed by atoms with Crippen molar-refractivity contribution in [3.8, 4) is 5.88 Å². The van der Waals surface area contributed by atoms with Crippen LogP contribution in [0.25, 0.3) is 0 Å². The topological polar surface area (TPSA) is 55.3 Å². The van der Waals surface area contributed by atoms with Gasteiger partial charge in [0.2, 0.25) is 5.88 Å². The van der Waals surface area contributed by atoms with Gasteiger partial charge in [0.25, 0.3) is 0 Å². The summed E-state index contributed by atoms with van der Waals surface area (Å²) in [6, 6.07) is 1.57. The van der Waals surface area contributed by atoms with E-state index in [1.54, 1.807) is 17.2 Å². The highest BCUT2D eigenvalue weighted by Gasteiger charge is 2.18. The first-order valence-corrected chi connectivity index (χ1v) is 5.09. The number of carbonyl (C=O) groups excluding carboxylic acids is 1. The van der Waals surface area contributed by atoms with Crippen molar-refractivity contribution in [3.63, 3.8) is 0 Å². The van der Waals surface area contributed by atoms with Gasteiger partial charge < -0.3 is 9.64 Å². The van der Waals surface area contributed by atoms with Crippen LogP contribution in [0.15, 0.2) is 18.6 Å². The summed E-state index contributed by atoms with van der Waals surface area (Å²) in [5.41, 5.74) is 0. The Labute approximate surface area is 88.1 Å². The van der Waals surface area contributed by atoms with Gasteiger partial charge in [-0.05, 0) is 19.3 Å². The number of hydrogen-bond acceptors (Lipinski definition) is 4. The van der Waals surface area contributed by atoms with E-state index in [2.05, 4.69) is 9.97 Å². The summed E-state index contributed by atoms with van der Waals surface area (Å²) in [5.74, 6) is 0.306. The molecule has 0 unspecified atom stereocenters. The molecule has 0 saturated carbocycles. The summed E-state index contributed by atoms with van der Waals surface area (Å²) < 4.78 is 5.09.